The molecule has 1 rings (SSSR count). The molecule has 0 saturated carbocycles. The fraction of sp³-hybridized carbons (Fsp3) is 0.714. The van der Waals surface area contributed by atoms with Crippen LogP contribution >= 0.6 is 11.6 Å². The Morgan fingerprint density at radius 2 is 2.08 bits per heavy atom. The van der Waals surface area contributed by atoms with Gasteiger partial charge in [-0.05, 0) is 12.8 Å². The van der Waals surface area contributed by atoms with Gasteiger partial charge in [0.1, 0.15) is 0 Å². The average Bonchev–Trinajstić information content (AvgIpc) is 3.11. The molecule has 0 aliphatic rings. The van der Waals surface area contributed by atoms with Crippen molar-refractivity contribution >= 4 is 26.5 Å². The van der Waals surface area contributed by atoms with Gasteiger partial charge in [-0.3, -0.25) is 0 Å². The van der Waals surface area contributed by atoms with Crippen molar-refractivity contribution in [2.24, 2.45) is 0 Å². The van der Waals surface area contributed by atoms with Gasteiger partial charge in [-0.1, -0.05) is 0 Å². The molecule has 0 aliphatic carbocycles. The van der Waals surface area contributed by atoms with Crippen molar-refractivity contribution in [1.82, 2.24) is 14.9 Å². The number of ether oxygens (including phenoxy) is 1. The van der Waals surface area contributed by atoms with E-state index in [9.17, 15) is 4.79 Å². The van der Waals surface area contributed by atoms with Gasteiger partial charge in [-0.2, -0.15) is 0 Å². The molecular weight excluding hydrogens is 354 g/mol. The van der Waals surface area contributed by atoms with Crippen molar-refractivity contribution in [2.45, 2.75) is 25.4 Å². The summed E-state index contributed by atoms with van der Waals surface area (Å²) in [5.74, 6) is 0.472. The van der Waals surface area contributed by atoms with E-state index in [1.165, 1.54) is 0 Å². The van der Waals surface area contributed by atoms with Crippen LogP contribution in [0.25, 0.3) is 0 Å². The highest BCUT2D eigenvalue weighted by atomic mass is 35.5. The van der Waals surface area contributed by atoms with E-state index in [-0.39, 0.29) is 0 Å². The van der Waals surface area contributed by atoms with Crippen LogP contribution in [-0.2, 0) is 24.6 Å². The molecule has 1 aromatic rings. The van der Waals surface area contributed by atoms with E-state index < -0.39 is 14.9 Å². The minimum atomic E-state index is -2.72. The summed E-state index contributed by atoms with van der Waals surface area (Å²) in [7, 11) is 0.445. The highest BCUT2D eigenvalue weighted by Crippen LogP contribution is 2.16. The highest BCUT2D eigenvalue weighted by molar-refractivity contribution is 6.60. The van der Waals surface area contributed by atoms with Crippen molar-refractivity contribution in [1.29, 1.82) is 0 Å². The number of hydrogen-bond acceptors (Lipinski definition) is 6. The lowest BCUT2D eigenvalue weighted by Crippen LogP contribution is -2.45. The topological polar surface area (TPSA) is 83.8 Å². The number of alkyl carbamates (subject to hydrolysis) is 1. The Hall–Kier alpha value is -1.13. The average molecular weight is 380 g/mol. The van der Waals surface area contributed by atoms with Crippen LogP contribution in [-0.4, -0.2) is 64.3 Å². The number of nitrogens with zero attached hydrogens (tertiary/aromatic N) is 2. The molecule has 0 unspecified atom stereocenters. The van der Waals surface area contributed by atoms with Crippen LogP contribution in [0.1, 0.15) is 12.8 Å². The zero-order valence-electron chi connectivity index (χ0n) is 14.2. The number of rotatable bonds is 13. The normalized spacial score (nSPS) is 11.5. The highest BCUT2D eigenvalue weighted by Gasteiger charge is 2.38. The number of halogens is 1. The number of nitrogens with one attached hydrogen (secondary N) is 1. The lowest BCUT2D eigenvalue weighted by Gasteiger charge is -2.26. The standard InChI is InChI=1S/C14H26ClN3O5Si/c1-20-24(21-2,23-11-9-18-8-7-16-13-18)12-4-6-17-14(19)22-10-3-5-15/h7-8,13H,3-6,9-12H2,1-2H3,(H,17,19). The maximum atomic E-state index is 11.4. The Labute approximate surface area is 148 Å². The van der Waals surface area contributed by atoms with Crippen molar-refractivity contribution in [3.05, 3.63) is 18.7 Å². The third-order valence-electron chi connectivity index (χ3n) is 3.29. The SMILES string of the molecule is CO[Si](CCCNC(=O)OCCCCl)(OC)OCCn1ccnc1. The van der Waals surface area contributed by atoms with Gasteiger partial charge >= 0.3 is 14.9 Å². The summed E-state index contributed by atoms with van der Waals surface area (Å²) in [4.78, 5) is 15.4. The number of hydrogen-bond donors (Lipinski definition) is 1. The summed E-state index contributed by atoms with van der Waals surface area (Å²) >= 11 is 5.51. The molecule has 0 aromatic carbocycles. The predicted molar refractivity (Wildman–Crippen MR) is 92.1 cm³/mol. The van der Waals surface area contributed by atoms with Crippen LogP contribution in [0.5, 0.6) is 0 Å². The van der Waals surface area contributed by atoms with Crippen LogP contribution in [0.4, 0.5) is 4.79 Å². The molecule has 0 atom stereocenters. The van der Waals surface area contributed by atoms with Crippen LogP contribution in [0.15, 0.2) is 18.7 Å². The van der Waals surface area contributed by atoms with Crippen molar-refractivity contribution in [3.8, 4) is 0 Å². The van der Waals surface area contributed by atoms with Crippen LogP contribution in [0.2, 0.25) is 6.04 Å². The summed E-state index contributed by atoms with van der Waals surface area (Å²) in [5, 5.41) is 2.68. The Morgan fingerprint density at radius 3 is 2.71 bits per heavy atom. The Bertz CT molecular complexity index is 446. The Kier molecular flexibility index (Phi) is 10.7. The zero-order valence-corrected chi connectivity index (χ0v) is 16.0. The molecule has 1 aromatic heterocycles. The first-order valence-corrected chi connectivity index (χ1v) is 10.3. The van der Waals surface area contributed by atoms with Gasteiger partial charge < -0.3 is 27.9 Å². The van der Waals surface area contributed by atoms with Gasteiger partial charge in [0, 0.05) is 51.6 Å². The molecule has 0 aliphatic heterocycles. The molecule has 10 heteroatoms. The monoisotopic (exact) mass is 379 g/mol. The second kappa shape index (κ2) is 12.3. The molecule has 0 radical (unpaired) electrons. The maximum absolute atomic E-state index is 11.4. The number of amides is 1. The van der Waals surface area contributed by atoms with E-state index in [4.69, 9.17) is 29.6 Å². The summed E-state index contributed by atoms with van der Waals surface area (Å²) in [6.07, 6.45) is 6.18. The van der Waals surface area contributed by atoms with Crippen LogP contribution < -0.4 is 5.32 Å². The van der Waals surface area contributed by atoms with Gasteiger partial charge in [0.25, 0.3) is 0 Å². The third-order valence-corrected chi connectivity index (χ3v) is 6.41. The van der Waals surface area contributed by atoms with Gasteiger partial charge in [0.15, 0.2) is 0 Å². The van der Waals surface area contributed by atoms with E-state index in [2.05, 4.69) is 10.3 Å². The summed E-state index contributed by atoms with van der Waals surface area (Å²) < 4.78 is 23.8. The molecule has 8 nitrogen and oxygen atoms in total. The molecule has 1 heterocycles. The first-order valence-electron chi connectivity index (χ1n) is 7.82. The smallest absolute Gasteiger partial charge is 0.450 e. The first-order chi connectivity index (χ1) is 11.7. The van der Waals surface area contributed by atoms with Gasteiger partial charge in [0.05, 0.1) is 19.5 Å². The predicted octanol–water partition coefficient (Wildman–Crippen LogP) is 1.88. The number of carbonyl (C=O) groups excluding carboxylic acids is 1. The molecule has 24 heavy (non-hydrogen) atoms. The van der Waals surface area contributed by atoms with E-state index >= 15 is 0 Å². The van der Waals surface area contributed by atoms with E-state index in [1.807, 2.05) is 10.8 Å². The van der Waals surface area contributed by atoms with E-state index in [0.717, 1.165) is 0 Å². The number of aromatic nitrogens is 2. The van der Waals surface area contributed by atoms with Gasteiger partial charge in [0.2, 0.25) is 0 Å². The minimum Gasteiger partial charge on any atom is -0.450 e. The van der Waals surface area contributed by atoms with Crippen molar-refractivity contribution in [3.63, 3.8) is 0 Å². The third kappa shape index (κ3) is 8.11. The summed E-state index contributed by atoms with van der Waals surface area (Å²) in [6, 6.07) is 0.603. The van der Waals surface area contributed by atoms with E-state index in [1.54, 1.807) is 26.7 Å². The molecule has 0 fully saturated rings. The van der Waals surface area contributed by atoms with Crippen LogP contribution in [0, 0.1) is 0 Å². The lowest BCUT2D eigenvalue weighted by molar-refractivity contribution is 0.0938. The summed E-state index contributed by atoms with van der Waals surface area (Å²) in [6.45, 7) is 1.93. The summed E-state index contributed by atoms with van der Waals surface area (Å²) in [5.41, 5.74) is 0. The number of alkyl halides is 1. The van der Waals surface area contributed by atoms with Crippen molar-refractivity contribution in [2.75, 3.05) is 39.9 Å². The fourth-order valence-corrected chi connectivity index (χ4v) is 4.04. The molecule has 0 saturated heterocycles. The lowest BCUT2D eigenvalue weighted by atomic mass is 10.5. The second-order valence-electron chi connectivity index (χ2n) is 4.95. The first kappa shape index (κ1) is 20.9. The van der Waals surface area contributed by atoms with E-state index in [0.29, 0.717) is 51.1 Å². The number of carbonyl (C=O) groups is 1. The molecule has 1 amide bonds. The molecule has 1 N–H and O–H groups in total. The van der Waals surface area contributed by atoms with Gasteiger partial charge in [-0.15, -0.1) is 11.6 Å². The fourth-order valence-electron chi connectivity index (χ4n) is 1.97. The van der Waals surface area contributed by atoms with Crippen molar-refractivity contribution < 1.29 is 22.8 Å². The molecular formula is C14H26ClN3O5Si. The Balaban J connectivity index is 2.24. The van der Waals surface area contributed by atoms with Crippen LogP contribution in [0.3, 0.4) is 0 Å². The Morgan fingerprint density at radius 1 is 1.29 bits per heavy atom. The zero-order chi connectivity index (χ0) is 17.7. The minimum absolute atomic E-state index is 0.321. The number of imidazole rings is 1. The van der Waals surface area contributed by atoms with Gasteiger partial charge in [-0.25, -0.2) is 9.78 Å². The largest absolute Gasteiger partial charge is 0.500 e. The molecule has 138 valence electrons. The maximum Gasteiger partial charge on any atom is 0.500 e. The molecule has 0 bridgehead atoms. The quantitative estimate of drug-likeness (QED) is 0.320. The second-order valence-corrected chi connectivity index (χ2v) is 8.30. The molecule has 0 spiro atoms.